The molecule has 1 aliphatic rings. The van der Waals surface area contributed by atoms with Crippen LogP contribution in [0.5, 0.6) is 0 Å². The third-order valence-electron chi connectivity index (χ3n) is 4.18. The Bertz CT molecular complexity index is 567. The van der Waals surface area contributed by atoms with Crippen molar-refractivity contribution in [2.45, 2.75) is 50.2 Å². The van der Waals surface area contributed by atoms with E-state index in [0.29, 0.717) is 12.8 Å². The van der Waals surface area contributed by atoms with Gasteiger partial charge in [-0.2, -0.15) is 5.10 Å². The lowest BCUT2D eigenvalue weighted by Gasteiger charge is -2.40. The summed E-state index contributed by atoms with van der Waals surface area (Å²) in [5, 5.41) is 14.4. The third-order valence-corrected chi connectivity index (χ3v) is 5.65. The van der Waals surface area contributed by atoms with Crippen molar-refractivity contribution in [3.8, 4) is 0 Å². The van der Waals surface area contributed by atoms with Crippen LogP contribution in [0.2, 0.25) is 0 Å². The van der Waals surface area contributed by atoms with E-state index in [1.54, 1.807) is 7.05 Å². The fourth-order valence-electron chi connectivity index (χ4n) is 2.50. The number of aliphatic hydroxyl groups is 1. The molecule has 6 nitrogen and oxygen atoms in total. The lowest BCUT2D eigenvalue weighted by molar-refractivity contribution is -0.0206. The second-order valence-corrected chi connectivity index (χ2v) is 8.22. The zero-order valence-electron chi connectivity index (χ0n) is 12.3. The van der Waals surface area contributed by atoms with Crippen LogP contribution >= 0.6 is 0 Å². The maximum atomic E-state index is 12.1. The van der Waals surface area contributed by atoms with Crippen LogP contribution in [0.25, 0.3) is 0 Å². The molecule has 0 bridgehead atoms. The Kier molecular flexibility index (Phi) is 3.96. The Morgan fingerprint density at radius 2 is 1.95 bits per heavy atom. The first-order valence-corrected chi connectivity index (χ1v) is 8.32. The zero-order chi connectivity index (χ0) is 15.0. The maximum Gasteiger partial charge on any atom is 0.257 e. The first-order chi connectivity index (χ1) is 9.14. The Labute approximate surface area is 120 Å². The quantitative estimate of drug-likeness (QED) is 0.870. The van der Waals surface area contributed by atoms with Gasteiger partial charge in [-0.05, 0) is 37.2 Å². The molecule has 0 aromatic carbocycles. The molecular weight excluding hydrogens is 278 g/mol. The Morgan fingerprint density at radius 3 is 2.45 bits per heavy atom. The number of nitrogens with one attached hydrogen (secondary N) is 1. The fraction of sp³-hybridized carbons (Fsp3) is 0.769. The molecule has 0 atom stereocenters. The smallest absolute Gasteiger partial charge is 0.257 e. The van der Waals surface area contributed by atoms with Crippen molar-refractivity contribution in [3.05, 3.63) is 12.3 Å². The molecule has 0 radical (unpaired) electrons. The average molecular weight is 301 g/mol. The summed E-state index contributed by atoms with van der Waals surface area (Å²) in [6.45, 7) is 4.40. The molecule has 0 amide bonds. The van der Waals surface area contributed by atoms with Crippen LogP contribution in [-0.2, 0) is 17.1 Å². The average Bonchev–Trinajstić information content (AvgIpc) is 2.79. The summed E-state index contributed by atoms with van der Waals surface area (Å²) in [6, 6.07) is 1.44. The van der Waals surface area contributed by atoms with Crippen LogP contribution in [0.3, 0.4) is 0 Å². The van der Waals surface area contributed by atoms with Gasteiger partial charge in [-0.3, -0.25) is 4.68 Å². The topological polar surface area (TPSA) is 84.2 Å². The molecule has 114 valence electrons. The SMILES string of the molecule is Cn1nccc1S(=O)(=O)NCC1(O)CCC(C)(C)CC1. The van der Waals surface area contributed by atoms with Crippen LogP contribution in [0.15, 0.2) is 17.3 Å². The molecular formula is C13H23N3O3S. The summed E-state index contributed by atoms with van der Waals surface area (Å²) in [6.07, 6.45) is 4.47. The summed E-state index contributed by atoms with van der Waals surface area (Å²) in [5.41, 5.74) is -0.714. The lowest BCUT2D eigenvalue weighted by Crippen LogP contribution is -2.46. The van der Waals surface area contributed by atoms with Crippen molar-refractivity contribution < 1.29 is 13.5 Å². The highest BCUT2D eigenvalue weighted by Gasteiger charge is 2.37. The Balaban J connectivity index is 2.01. The van der Waals surface area contributed by atoms with Crippen LogP contribution in [0.1, 0.15) is 39.5 Å². The molecule has 0 aliphatic heterocycles. The number of hydrogen-bond donors (Lipinski definition) is 2. The minimum atomic E-state index is -3.62. The molecule has 1 aliphatic carbocycles. The molecule has 2 rings (SSSR count). The van der Waals surface area contributed by atoms with Gasteiger partial charge in [0.1, 0.15) is 0 Å². The highest BCUT2D eigenvalue weighted by molar-refractivity contribution is 7.89. The minimum absolute atomic E-state index is 0.0522. The number of aryl methyl sites for hydroxylation is 1. The van der Waals surface area contributed by atoms with Gasteiger partial charge in [-0.1, -0.05) is 13.8 Å². The third kappa shape index (κ3) is 3.39. The Morgan fingerprint density at radius 1 is 1.35 bits per heavy atom. The van der Waals surface area contributed by atoms with Crippen molar-refractivity contribution in [2.24, 2.45) is 12.5 Å². The molecule has 1 aromatic rings. The molecule has 1 saturated carbocycles. The van der Waals surface area contributed by atoms with E-state index in [9.17, 15) is 13.5 Å². The Hall–Kier alpha value is -0.920. The van der Waals surface area contributed by atoms with Gasteiger partial charge in [0.05, 0.1) is 11.8 Å². The van der Waals surface area contributed by atoms with E-state index in [-0.39, 0.29) is 17.0 Å². The second-order valence-electron chi connectivity index (χ2n) is 6.51. The number of rotatable bonds is 4. The summed E-state index contributed by atoms with van der Waals surface area (Å²) >= 11 is 0. The van der Waals surface area contributed by atoms with Crippen LogP contribution in [-0.4, -0.2) is 35.5 Å². The van der Waals surface area contributed by atoms with Gasteiger partial charge in [-0.15, -0.1) is 0 Å². The van der Waals surface area contributed by atoms with E-state index in [1.807, 2.05) is 0 Å². The molecule has 0 spiro atoms. The lowest BCUT2D eigenvalue weighted by atomic mass is 9.71. The highest BCUT2D eigenvalue weighted by atomic mass is 32.2. The first-order valence-electron chi connectivity index (χ1n) is 6.84. The fourth-order valence-corrected chi connectivity index (χ4v) is 3.74. The summed E-state index contributed by atoms with van der Waals surface area (Å²) in [5.74, 6) is 0. The molecule has 0 saturated heterocycles. The summed E-state index contributed by atoms with van der Waals surface area (Å²) < 4.78 is 28.1. The van der Waals surface area contributed by atoms with E-state index in [1.165, 1.54) is 16.9 Å². The molecule has 1 fully saturated rings. The monoisotopic (exact) mass is 301 g/mol. The molecule has 1 heterocycles. The van der Waals surface area contributed by atoms with E-state index in [4.69, 9.17) is 0 Å². The van der Waals surface area contributed by atoms with Gasteiger partial charge in [0.15, 0.2) is 5.03 Å². The normalized spacial score (nSPS) is 21.8. The van der Waals surface area contributed by atoms with E-state index in [0.717, 1.165) is 12.8 Å². The number of sulfonamides is 1. The van der Waals surface area contributed by atoms with E-state index < -0.39 is 15.6 Å². The molecule has 1 aromatic heterocycles. The standard InChI is InChI=1S/C13H23N3O3S/c1-12(2)5-7-13(17,8-6-12)10-15-20(18,19)11-4-9-14-16(11)3/h4,9,15,17H,5-8,10H2,1-3H3. The molecule has 0 unspecified atom stereocenters. The van der Waals surface area contributed by atoms with Crippen LogP contribution in [0.4, 0.5) is 0 Å². The highest BCUT2D eigenvalue weighted by Crippen LogP contribution is 2.39. The van der Waals surface area contributed by atoms with Crippen molar-refractivity contribution in [2.75, 3.05) is 6.54 Å². The van der Waals surface area contributed by atoms with Crippen molar-refractivity contribution in [1.29, 1.82) is 0 Å². The first kappa shape index (κ1) is 15.5. The zero-order valence-corrected chi connectivity index (χ0v) is 13.1. The summed E-state index contributed by atoms with van der Waals surface area (Å²) in [7, 11) is -2.05. The van der Waals surface area contributed by atoms with Gasteiger partial charge in [-0.25, -0.2) is 13.1 Å². The molecule has 2 N–H and O–H groups in total. The predicted molar refractivity (Wildman–Crippen MR) is 75.6 cm³/mol. The van der Waals surface area contributed by atoms with Crippen LogP contribution < -0.4 is 4.72 Å². The van der Waals surface area contributed by atoms with Gasteiger partial charge >= 0.3 is 0 Å². The number of nitrogens with zero attached hydrogens (tertiary/aromatic N) is 2. The van der Waals surface area contributed by atoms with Gasteiger partial charge in [0.25, 0.3) is 10.0 Å². The van der Waals surface area contributed by atoms with E-state index in [2.05, 4.69) is 23.7 Å². The maximum absolute atomic E-state index is 12.1. The number of hydrogen-bond acceptors (Lipinski definition) is 4. The molecule has 7 heteroatoms. The van der Waals surface area contributed by atoms with Gasteiger partial charge in [0, 0.05) is 13.6 Å². The minimum Gasteiger partial charge on any atom is -0.389 e. The van der Waals surface area contributed by atoms with Crippen molar-refractivity contribution in [3.63, 3.8) is 0 Å². The number of aromatic nitrogens is 2. The van der Waals surface area contributed by atoms with Crippen molar-refractivity contribution >= 4 is 10.0 Å². The van der Waals surface area contributed by atoms with Gasteiger partial charge in [0.2, 0.25) is 0 Å². The van der Waals surface area contributed by atoms with Gasteiger partial charge < -0.3 is 5.11 Å². The largest absolute Gasteiger partial charge is 0.389 e. The summed E-state index contributed by atoms with van der Waals surface area (Å²) in [4.78, 5) is 0. The predicted octanol–water partition coefficient (Wildman–Crippen LogP) is 1.03. The van der Waals surface area contributed by atoms with Crippen molar-refractivity contribution in [1.82, 2.24) is 14.5 Å². The molecule has 20 heavy (non-hydrogen) atoms. The van der Waals surface area contributed by atoms with E-state index >= 15 is 0 Å². The second kappa shape index (κ2) is 5.13. The van der Waals surface area contributed by atoms with Crippen LogP contribution in [0, 0.1) is 5.41 Å².